The third-order valence-corrected chi connectivity index (χ3v) is 4.48. The molecule has 2 N–H and O–H groups in total. The third-order valence-electron chi connectivity index (χ3n) is 4.48. The quantitative estimate of drug-likeness (QED) is 0.741. The summed E-state index contributed by atoms with van der Waals surface area (Å²) in [6.45, 7) is 3.58. The minimum Gasteiger partial charge on any atom is -0.354 e. The second-order valence-electron chi connectivity index (χ2n) is 6.23. The molecular weight excluding hydrogens is 344 g/mol. The van der Waals surface area contributed by atoms with Crippen molar-refractivity contribution in [1.29, 1.82) is 0 Å². The van der Waals surface area contributed by atoms with Crippen LogP contribution in [0.5, 0.6) is 0 Å². The molecule has 0 fully saturated rings. The topological polar surface area (TPSA) is 93.1 Å². The molecule has 3 rings (SSSR count). The van der Waals surface area contributed by atoms with Crippen molar-refractivity contribution in [3.63, 3.8) is 0 Å². The van der Waals surface area contributed by atoms with Gasteiger partial charge in [0.05, 0.1) is 5.39 Å². The smallest absolute Gasteiger partial charge is 0.275 e. The molecule has 0 radical (unpaired) electrons. The molecule has 0 bridgehead atoms. The van der Waals surface area contributed by atoms with E-state index in [0.717, 1.165) is 15.8 Å². The van der Waals surface area contributed by atoms with Crippen LogP contribution in [0.4, 0.5) is 5.69 Å². The lowest BCUT2D eigenvalue weighted by atomic mass is 10.1. The number of carbonyl (C=O) groups is 2. The lowest BCUT2D eigenvalue weighted by Crippen LogP contribution is -2.33. The molecule has 138 valence electrons. The first-order chi connectivity index (χ1) is 12.9. The first-order valence-corrected chi connectivity index (χ1v) is 8.50. The number of fused-ring (bicyclic) bond motifs is 1. The Bertz CT molecular complexity index is 1100. The Morgan fingerprint density at radius 1 is 1.04 bits per heavy atom. The van der Waals surface area contributed by atoms with E-state index in [0.29, 0.717) is 16.5 Å². The number of anilines is 1. The number of benzene rings is 2. The van der Waals surface area contributed by atoms with Crippen LogP contribution in [0, 0.1) is 13.8 Å². The van der Waals surface area contributed by atoms with Gasteiger partial charge in [-0.2, -0.15) is 5.10 Å². The Hall–Kier alpha value is -3.48. The normalized spacial score (nSPS) is 10.6. The highest BCUT2D eigenvalue weighted by Gasteiger charge is 2.17. The highest BCUT2D eigenvalue weighted by Crippen LogP contribution is 2.18. The Labute approximate surface area is 156 Å². The molecule has 7 heteroatoms. The van der Waals surface area contributed by atoms with Crippen LogP contribution in [0.3, 0.4) is 0 Å². The maximum absolute atomic E-state index is 12.7. The van der Waals surface area contributed by atoms with Crippen LogP contribution in [-0.2, 0) is 11.3 Å². The fraction of sp³-hybridized carbons (Fsp3) is 0.200. The fourth-order valence-electron chi connectivity index (χ4n) is 2.84. The van der Waals surface area contributed by atoms with Crippen LogP contribution < -0.4 is 16.2 Å². The van der Waals surface area contributed by atoms with Crippen LogP contribution in [0.15, 0.2) is 47.3 Å². The third kappa shape index (κ3) is 3.57. The maximum Gasteiger partial charge on any atom is 0.275 e. The Morgan fingerprint density at radius 3 is 2.44 bits per heavy atom. The lowest BCUT2D eigenvalue weighted by Gasteiger charge is -2.12. The van der Waals surface area contributed by atoms with E-state index in [1.165, 1.54) is 7.05 Å². The molecule has 0 aliphatic carbocycles. The van der Waals surface area contributed by atoms with E-state index in [1.54, 1.807) is 30.3 Å². The van der Waals surface area contributed by atoms with Crippen LogP contribution in [0.25, 0.3) is 10.8 Å². The van der Waals surface area contributed by atoms with Gasteiger partial charge in [-0.1, -0.05) is 30.3 Å². The highest BCUT2D eigenvalue weighted by molar-refractivity contribution is 6.04. The number of aromatic nitrogens is 2. The van der Waals surface area contributed by atoms with Crippen LogP contribution in [0.1, 0.15) is 21.6 Å². The van der Waals surface area contributed by atoms with Crippen molar-refractivity contribution < 1.29 is 9.59 Å². The van der Waals surface area contributed by atoms with Crippen molar-refractivity contribution in [2.45, 2.75) is 20.4 Å². The van der Waals surface area contributed by atoms with E-state index < -0.39 is 17.4 Å². The average Bonchev–Trinajstić information content (AvgIpc) is 2.67. The lowest BCUT2D eigenvalue weighted by molar-refractivity contribution is -0.117. The number of nitrogens with zero attached hydrogens (tertiary/aromatic N) is 2. The van der Waals surface area contributed by atoms with E-state index in [-0.39, 0.29) is 12.2 Å². The number of carbonyl (C=O) groups excluding carboxylic acids is 2. The minimum absolute atomic E-state index is 0.104. The number of amides is 2. The summed E-state index contributed by atoms with van der Waals surface area (Å²) in [7, 11) is 1.49. The highest BCUT2D eigenvalue weighted by atomic mass is 16.2. The second-order valence-corrected chi connectivity index (χ2v) is 6.23. The largest absolute Gasteiger partial charge is 0.354 e. The van der Waals surface area contributed by atoms with Crippen molar-refractivity contribution in [2.75, 3.05) is 12.4 Å². The molecule has 2 aromatic carbocycles. The van der Waals surface area contributed by atoms with Gasteiger partial charge in [0, 0.05) is 18.1 Å². The number of nitrogens with one attached hydrogen (secondary N) is 2. The molecule has 0 aliphatic rings. The molecule has 0 saturated heterocycles. The second kappa shape index (κ2) is 7.41. The number of rotatable bonds is 4. The SMILES string of the molecule is CNC(=O)c1nn(CC(=O)Nc2cccc(C)c2C)c(=O)c2ccccc12. The van der Waals surface area contributed by atoms with Gasteiger partial charge in [-0.15, -0.1) is 0 Å². The Morgan fingerprint density at radius 2 is 1.74 bits per heavy atom. The summed E-state index contributed by atoms with van der Waals surface area (Å²) >= 11 is 0. The average molecular weight is 364 g/mol. The monoisotopic (exact) mass is 364 g/mol. The van der Waals surface area contributed by atoms with E-state index in [9.17, 15) is 14.4 Å². The van der Waals surface area contributed by atoms with Crippen molar-refractivity contribution in [1.82, 2.24) is 15.1 Å². The molecular formula is C20H20N4O3. The molecule has 0 aliphatic heterocycles. The van der Waals surface area contributed by atoms with Gasteiger partial charge in [-0.05, 0) is 37.1 Å². The summed E-state index contributed by atoms with van der Waals surface area (Å²) in [5.74, 6) is -0.814. The number of aryl methyl sites for hydroxylation is 1. The molecule has 0 unspecified atom stereocenters. The van der Waals surface area contributed by atoms with Gasteiger partial charge >= 0.3 is 0 Å². The van der Waals surface area contributed by atoms with Crippen LogP contribution in [0.2, 0.25) is 0 Å². The molecule has 7 nitrogen and oxygen atoms in total. The first kappa shape index (κ1) is 18.3. The maximum atomic E-state index is 12.7. The molecule has 0 spiro atoms. The first-order valence-electron chi connectivity index (χ1n) is 8.50. The van der Waals surface area contributed by atoms with Gasteiger partial charge in [0.25, 0.3) is 11.5 Å². The zero-order valence-electron chi connectivity index (χ0n) is 15.4. The molecule has 3 aromatic rings. The van der Waals surface area contributed by atoms with Gasteiger partial charge < -0.3 is 10.6 Å². The van der Waals surface area contributed by atoms with Crippen molar-refractivity contribution >= 4 is 28.3 Å². The molecule has 0 atom stereocenters. The van der Waals surface area contributed by atoms with Crippen molar-refractivity contribution in [2.24, 2.45) is 0 Å². The summed E-state index contributed by atoms with van der Waals surface area (Å²) in [4.78, 5) is 37.3. The van der Waals surface area contributed by atoms with Gasteiger partial charge in [-0.25, -0.2) is 4.68 Å². The molecule has 1 heterocycles. The van der Waals surface area contributed by atoms with Crippen LogP contribution >= 0.6 is 0 Å². The van der Waals surface area contributed by atoms with Crippen LogP contribution in [-0.4, -0.2) is 28.6 Å². The Kier molecular flexibility index (Phi) is 5.03. The van der Waals surface area contributed by atoms with Gasteiger partial charge in [0.1, 0.15) is 6.54 Å². The minimum atomic E-state index is -0.422. The zero-order chi connectivity index (χ0) is 19.6. The fourth-order valence-corrected chi connectivity index (χ4v) is 2.84. The predicted molar refractivity (Wildman–Crippen MR) is 104 cm³/mol. The van der Waals surface area contributed by atoms with Gasteiger partial charge in [0.2, 0.25) is 5.91 Å². The van der Waals surface area contributed by atoms with E-state index in [1.807, 2.05) is 26.0 Å². The van der Waals surface area contributed by atoms with E-state index >= 15 is 0 Å². The summed E-state index contributed by atoms with van der Waals surface area (Å²) in [6.07, 6.45) is 0. The summed E-state index contributed by atoms with van der Waals surface area (Å²) in [5, 5.41) is 10.2. The van der Waals surface area contributed by atoms with Crippen molar-refractivity contribution in [3.05, 3.63) is 69.6 Å². The van der Waals surface area contributed by atoms with E-state index in [4.69, 9.17) is 0 Å². The molecule has 0 saturated carbocycles. The zero-order valence-corrected chi connectivity index (χ0v) is 15.4. The molecule has 2 amide bonds. The molecule has 27 heavy (non-hydrogen) atoms. The number of hydrogen-bond acceptors (Lipinski definition) is 4. The van der Waals surface area contributed by atoms with E-state index in [2.05, 4.69) is 15.7 Å². The predicted octanol–water partition coefficient (Wildman–Crippen LogP) is 2.01. The summed E-state index contributed by atoms with van der Waals surface area (Å²) in [6, 6.07) is 12.3. The Balaban J connectivity index is 1.98. The number of hydrogen-bond donors (Lipinski definition) is 2. The van der Waals surface area contributed by atoms with Gasteiger partial charge in [0.15, 0.2) is 5.69 Å². The van der Waals surface area contributed by atoms with Crippen molar-refractivity contribution in [3.8, 4) is 0 Å². The molecule has 1 aromatic heterocycles. The standard InChI is InChI=1S/C20H20N4O3/c1-12-7-6-10-16(13(12)2)22-17(25)11-24-20(27)15-9-5-4-8-14(15)18(23-24)19(26)21-3/h4-10H,11H2,1-3H3,(H,21,26)(H,22,25). The summed E-state index contributed by atoms with van der Waals surface area (Å²) < 4.78 is 1.02. The van der Waals surface area contributed by atoms with Gasteiger partial charge in [-0.3, -0.25) is 14.4 Å². The summed E-state index contributed by atoms with van der Waals surface area (Å²) in [5.41, 5.74) is 2.37.